The van der Waals surface area contributed by atoms with Crippen LogP contribution in [0.4, 0.5) is 0 Å². The molecule has 0 N–H and O–H groups in total. The fourth-order valence-electron chi connectivity index (χ4n) is 2.38. The van der Waals surface area contributed by atoms with Crippen LogP contribution in [-0.4, -0.2) is 0 Å². The number of halogens is 3. The second-order valence-electron chi connectivity index (χ2n) is 4.60. The summed E-state index contributed by atoms with van der Waals surface area (Å²) < 4.78 is 1.12. The monoisotopic (exact) mass is 457 g/mol. The van der Waals surface area contributed by atoms with Crippen LogP contribution in [0.2, 0.25) is 0 Å². The van der Waals surface area contributed by atoms with E-state index in [9.17, 15) is 0 Å². The Balaban J connectivity index is 0.000000497. The van der Waals surface area contributed by atoms with E-state index < -0.39 is 20.8 Å². The first-order chi connectivity index (χ1) is 10.2. The first kappa shape index (κ1) is 17.3. The minimum atomic E-state index is -0.826. The number of aryl methyl sites for hydroxylation is 1. The number of rotatable bonds is 2. The Hall–Kier alpha value is -0.00688. The Morgan fingerprint density at radius 1 is 1.10 bits per heavy atom. The molecule has 0 nitrogen and oxygen atoms in total. The molecule has 0 saturated heterocycles. The summed E-state index contributed by atoms with van der Waals surface area (Å²) in [6.45, 7) is 2.20. The van der Waals surface area contributed by atoms with Gasteiger partial charge >= 0.3 is 37.9 Å². The number of hydrogen-bond acceptors (Lipinski definition) is 0. The standard InChI is InChI=1S/C17H14Br.2ClH.Zr/c1-2-12-10-14-4-3-5-16(17(14)11-12)13-6-8-15(18)9-7-13;;;/h3-11H,2H2,1H3;2*1H;/q-1;;;+2/p-2. The Kier molecular flexibility index (Phi) is 7.09. The summed E-state index contributed by atoms with van der Waals surface area (Å²) >= 11 is 2.66. The SMILES string of the molecule is CCc1cc2c(-c3ccc(Br)cc3)cccc2[cH-]1.[Cl][Zr][Cl]. The molecule has 3 aromatic carbocycles. The first-order valence-electron chi connectivity index (χ1n) is 6.60. The van der Waals surface area contributed by atoms with Gasteiger partial charge in [0, 0.05) is 4.47 Å². The van der Waals surface area contributed by atoms with E-state index in [0.717, 1.165) is 10.9 Å². The fraction of sp³-hybridized carbons (Fsp3) is 0.118. The topological polar surface area (TPSA) is 0 Å². The van der Waals surface area contributed by atoms with E-state index in [0.29, 0.717) is 0 Å². The second kappa shape index (κ2) is 8.58. The van der Waals surface area contributed by atoms with Gasteiger partial charge < -0.3 is 0 Å². The van der Waals surface area contributed by atoms with Gasteiger partial charge in [0.15, 0.2) is 0 Å². The Bertz CT molecular complexity index is 704. The number of benzene rings is 2. The van der Waals surface area contributed by atoms with Crippen molar-refractivity contribution in [3.63, 3.8) is 0 Å². The molecule has 0 bridgehead atoms. The van der Waals surface area contributed by atoms with E-state index in [4.69, 9.17) is 17.0 Å². The summed E-state index contributed by atoms with van der Waals surface area (Å²) in [6, 6.07) is 19.6. The van der Waals surface area contributed by atoms with Crippen molar-refractivity contribution < 1.29 is 20.8 Å². The molecule has 0 aliphatic rings. The molecule has 3 aromatic rings. The van der Waals surface area contributed by atoms with Gasteiger partial charge in [-0.2, -0.15) is 6.07 Å². The van der Waals surface area contributed by atoms with Crippen LogP contribution in [0.25, 0.3) is 21.9 Å². The third-order valence-corrected chi connectivity index (χ3v) is 3.90. The molecule has 4 heteroatoms. The number of hydrogen-bond donors (Lipinski definition) is 0. The van der Waals surface area contributed by atoms with Gasteiger partial charge in [0.1, 0.15) is 0 Å². The molecule has 0 atom stereocenters. The Morgan fingerprint density at radius 3 is 2.38 bits per heavy atom. The van der Waals surface area contributed by atoms with Crippen LogP contribution in [0, 0.1) is 0 Å². The maximum absolute atomic E-state index is 4.93. The van der Waals surface area contributed by atoms with Gasteiger partial charge in [-0.15, -0.1) is 34.5 Å². The molecule has 3 rings (SSSR count). The Morgan fingerprint density at radius 2 is 1.76 bits per heavy atom. The van der Waals surface area contributed by atoms with Crippen molar-refractivity contribution in [3.05, 3.63) is 64.6 Å². The van der Waals surface area contributed by atoms with E-state index in [-0.39, 0.29) is 0 Å². The second-order valence-corrected chi connectivity index (χ2v) is 9.25. The molecule has 0 fully saturated rings. The molecule has 0 amide bonds. The van der Waals surface area contributed by atoms with Crippen molar-refractivity contribution >= 4 is 43.7 Å². The van der Waals surface area contributed by atoms with Crippen molar-refractivity contribution in [1.82, 2.24) is 0 Å². The average molecular weight is 460 g/mol. The van der Waals surface area contributed by atoms with Gasteiger partial charge in [0.2, 0.25) is 0 Å². The van der Waals surface area contributed by atoms with Gasteiger partial charge in [0.25, 0.3) is 0 Å². The van der Waals surface area contributed by atoms with Crippen molar-refractivity contribution in [2.75, 3.05) is 0 Å². The van der Waals surface area contributed by atoms with Gasteiger partial charge in [-0.3, -0.25) is 0 Å². The summed E-state index contributed by atoms with van der Waals surface area (Å²) in [5.41, 5.74) is 4.01. The van der Waals surface area contributed by atoms with E-state index >= 15 is 0 Å². The van der Waals surface area contributed by atoms with Crippen LogP contribution in [0.3, 0.4) is 0 Å². The normalized spacial score (nSPS) is 10.1. The van der Waals surface area contributed by atoms with E-state index in [1.165, 1.54) is 27.5 Å². The molecule has 0 saturated carbocycles. The average Bonchev–Trinajstić information content (AvgIpc) is 2.92. The fourth-order valence-corrected chi connectivity index (χ4v) is 2.65. The molecule has 0 aliphatic carbocycles. The van der Waals surface area contributed by atoms with Crippen LogP contribution in [0.15, 0.2) is 59.1 Å². The molecule has 108 valence electrons. The van der Waals surface area contributed by atoms with Crippen molar-refractivity contribution in [2.24, 2.45) is 0 Å². The molecule has 0 heterocycles. The van der Waals surface area contributed by atoms with E-state index in [1.54, 1.807) is 0 Å². The molecule has 0 aliphatic heterocycles. The zero-order chi connectivity index (χ0) is 15.2. The third kappa shape index (κ3) is 4.48. The quantitative estimate of drug-likeness (QED) is 0.364. The zero-order valence-corrected chi connectivity index (χ0v) is 17.1. The first-order valence-corrected chi connectivity index (χ1v) is 13.7. The molecule has 0 unspecified atom stereocenters. The summed E-state index contributed by atoms with van der Waals surface area (Å²) in [5.74, 6) is 0. The molecule has 21 heavy (non-hydrogen) atoms. The predicted molar refractivity (Wildman–Crippen MR) is 93.8 cm³/mol. The van der Waals surface area contributed by atoms with Crippen LogP contribution in [0.5, 0.6) is 0 Å². The molecular weight excluding hydrogens is 446 g/mol. The van der Waals surface area contributed by atoms with Crippen LogP contribution in [-0.2, 0) is 27.3 Å². The van der Waals surface area contributed by atoms with Gasteiger partial charge in [-0.1, -0.05) is 46.6 Å². The maximum atomic E-state index is 4.93. The van der Waals surface area contributed by atoms with Gasteiger partial charge in [0.05, 0.1) is 0 Å². The van der Waals surface area contributed by atoms with E-state index in [1.807, 2.05) is 0 Å². The van der Waals surface area contributed by atoms with Crippen molar-refractivity contribution in [2.45, 2.75) is 13.3 Å². The molecular formula is C17H14BrCl2Zr-. The van der Waals surface area contributed by atoms with Crippen LogP contribution < -0.4 is 0 Å². The molecule has 0 radical (unpaired) electrons. The van der Waals surface area contributed by atoms with Crippen LogP contribution in [0.1, 0.15) is 12.5 Å². The number of fused-ring (bicyclic) bond motifs is 1. The van der Waals surface area contributed by atoms with Gasteiger partial charge in [-0.05, 0) is 24.1 Å². The van der Waals surface area contributed by atoms with Gasteiger partial charge in [-0.25, -0.2) is 0 Å². The van der Waals surface area contributed by atoms with Crippen molar-refractivity contribution in [3.8, 4) is 11.1 Å². The van der Waals surface area contributed by atoms with Crippen LogP contribution >= 0.6 is 33.0 Å². The Labute approximate surface area is 152 Å². The predicted octanol–water partition coefficient (Wildman–Crippen LogP) is 6.93. The molecule has 0 spiro atoms. The third-order valence-electron chi connectivity index (χ3n) is 3.37. The van der Waals surface area contributed by atoms with Crippen molar-refractivity contribution in [1.29, 1.82) is 0 Å². The minimum absolute atomic E-state index is 0.826. The zero-order valence-electron chi connectivity index (χ0n) is 11.5. The molecule has 0 aromatic heterocycles. The van der Waals surface area contributed by atoms with E-state index in [2.05, 4.69) is 77.5 Å². The summed E-state index contributed by atoms with van der Waals surface area (Å²) in [5, 5.41) is 2.70. The summed E-state index contributed by atoms with van der Waals surface area (Å²) in [7, 11) is 9.87. The summed E-state index contributed by atoms with van der Waals surface area (Å²) in [6.07, 6.45) is 1.09. The summed E-state index contributed by atoms with van der Waals surface area (Å²) in [4.78, 5) is 0.